The molecule has 0 amide bonds. The molecule has 0 heterocycles. The normalized spacial score (nSPS) is 26.5. The molecule has 2 rings (SSSR count). The summed E-state index contributed by atoms with van der Waals surface area (Å²) < 4.78 is 16.8. The molecule has 18 heavy (non-hydrogen) atoms. The van der Waals surface area contributed by atoms with E-state index in [1.165, 1.54) is 0 Å². The lowest BCUT2D eigenvalue weighted by Crippen LogP contribution is -2.59. The summed E-state index contributed by atoms with van der Waals surface area (Å²) in [4.78, 5) is 0. The van der Waals surface area contributed by atoms with Crippen LogP contribution in [-0.2, 0) is 4.74 Å². The average Bonchev–Trinajstić information content (AvgIpc) is 2.39. The van der Waals surface area contributed by atoms with Crippen LogP contribution < -0.4 is 15.2 Å². The third-order valence-corrected chi connectivity index (χ3v) is 3.14. The van der Waals surface area contributed by atoms with Gasteiger partial charge >= 0.3 is 0 Å². The van der Waals surface area contributed by atoms with Crippen molar-refractivity contribution in [2.75, 3.05) is 13.7 Å². The number of hydrogen-bond acceptors (Lipinski definition) is 4. The number of methoxy groups -OCH3 is 1. The van der Waals surface area contributed by atoms with Crippen molar-refractivity contribution in [3.05, 3.63) is 24.3 Å². The molecule has 100 valence electrons. The van der Waals surface area contributed by atoms with Crippen molar-refractivity contribution in [1.29, 1.82) is 0 Å². The molecule has 3 atom stereocenters. The van der Waals surface area contributed by atoms with Gasteiger partial charge in [-0.1, -0.05) is 13.0 Å². The Labute approximate surface area is 108 Å². The van der Waals surface area contributed by atoms with E-state index in [1.807, 2.05) is 24.3 Å². The second-order valence-corrected chi connectivity index (χ2v) is 4.57. The molecule has 0 bridgehead atoms. The summed E-state index contributed by atoms with van der Waals surface area (Å²) in [5.74, 6) is 1.60. The lowest BCUT2D eigenvalue weighted by molar-refractivity contribution is -0.0980. The van der Waals surface area contributed by atoms with E-state index in [9.17, 15) is 0 Å². The summed E-state index contributed by atoms with van der Waals surface area (Å²) in [6.07, 6.45) is 1.90. The Balaban J connectivity index is 1.92. The maximum Gasteiger partial charge on any atom is 0.128 e. The minimum atomic E-state index is 0.0103. The molecule has 1 fully saturated rings. The van der Waals surface area contributed by atoms with Crippen molar-refractivity contribution >= 4 is 0 Å². The third kappa shape index (κ3) is 2.94. The predicted octanol–water partition coefficient (Wildman–Crippen LogP) is 1.97. The highest BCUT2D eigenvalue weighted by atomic mass is 16.5. The Morgan fingerprint density at radius 3 is 2.78 bits per heavy atom. The van der Waals surface area contributed by atoms with E-state index in [0.717, 1.165) is 30.9 Å². The highest BCUT2D eigenvalue weighted by Gasteiger charge is 2.41. The van der Waals surface area contributed by atoms with Gasteiger partial charge in [0, 0.05) is 25.1 Å². The Morgan fingerprint density at radius 2 is 2.11 bits per heavy atom. The van der Waals surface area contributed by atoms with Gasteiger partial charge in [0.15, 0.2) is 0 Å². The molecule has 1 saturated carbocycles. The molecule has 0 saturated heterocycles. The molecule has 0 aliphatic heterocycles. The predicted molar refractivity (Wildman–Crippen MR) is 70.0 cm³/mol. The van der Waals surface area contributed by atoms with Gasteiger partial charge in [-0.3, -0.25) is 0 Å². The number of ether oxygens (including phenoxy) is 3. The van der Waals surface area contributed by atoms with Crippen molar-refractivity contribution in [3.8, 4) is 11.5 Å². The summed E-state index contributed by atoms with van der Waals surface area (Å²) in [6.45, 7) is 2.82. The fourth-order valence-electron chi connectivity index (χ4n) is 2.07. The van der Waals surface area contributed by atoms with E-state index in [0.29, 0.717) is 0 Å². The highest BCUT2D eigenvalue weighted by molar-refractivity contribution is 5.33. The first-order valence-electron chi connectivity index (χ1n) is 6.42. The summed E-state index contributed by atoms with van der Waals surface area (Å²) in [5.41, 5.74) is 5.93. The van der Waals surface area contributed by atoms with Crippen LogP contribution in [0.2, 0.25) is 0 Å². The van der Waals surface area contributed by atoms with Gasteiger partial charge in [0.2, 0.25) is 0 Å². The Bertz CT molecular complexity index is 383. The quantitative estimate of drug-likeness (QED) is 0.840. The zero-order chi connectivity index (χ0) is 13.0. The lowest BCUT2D eigenvalue weighted by Gasteiger charge is -2.41. The van der Waals surface area contributed by atoms with E-state index in [4.69, 9.17) is 19.9 Å². The molecule has 2 N–H and O–H groups in total. The summed E-state index contributed by atoms with van der Waals surface area (Å²) in [5, 5.41) is 0. The molecule has 0 aromatic heterocycles. The second-order valence-electron chi connectivity index (χ2n) is 4.57. The highest BCUT2D eigenvalue weighted by Crippen LogP contribution is 2.29. The first kappa shape index (κ1) is 13.2. The van der Waals surface area contributed by atoms with Crippen molar-refractivity contribution in [1.82, 2.24) is 0 Å². The fraction of sp³-hybridized carbons (Fsp3) is 0.571. The zero-order valence-electron chi connectivity index (χ0n) is 11.0. The number of benzene rings is 1. The first-order chi connectivity index (χ1) is 8.74. The van der Waals surface area contributed by atoms with Crippen molar-refractivity contribution in [3.63, 3.8) is 0 Å². The molecule has 4 heteroatoms. The fourth-order valence-corrected chi connectivity index (χ4v) is 2.07. The van der Waals surface area contributed by atoms with Crippen molar-refractivity contribution < 1.29 is 14.2 Å². The zero-order valence-corrected chi connectivity index (χ0v) is 11.0. The first-order valence-corrected chi connectivity index (χ1v) is 6.42. The van der Waals surface area contributed by atoms with Gasteiger partial charge in [0.25, 0.3) is 0 Å². The monoisotopic (exact) mass is 251 g/mol. The maximum atomic E-state index is 5.93. The molecule has 3 unspecified atom stereocenters. The smallest absolute Gasteiger partial charge is 0.128 e. The van der Waals surface area contributed by atoms with Gasteiger partial charge in [-0.05, 0) is 18.6 Å². The van der Waals surface area contributed by atoms with Gasteiger partial charge in [0.05, 0.1) is 7.11 Å². The largest absolute Gasteiger partial charge is 0.497 e. The Morgan fingerprint density at radius 1 is 1.33 bits per heavy atom. The molecule has 0 spiro atoms. The van der Waals surface area contributed by atoms with Crippen LogP contribution in [0.15, 0.2) is 24.3 Å². The number of rotatable bonds is 6. The van der Waals surface area contributed by atoms with Crippen LogP contribution in [0.3, 0.4) is 0 Å². The van der Waals surface area contributed by atoms with Gasteiger partial charge in [-0.25, -0.2) is 0 Å². The summed E-state index contributed by atoms with van der Waals surface area (Å²) >= 11 is 0. The van der Waals surface area contributed by atoms with E-state index in [-0.39, 0.29) is 18.2 Å². The van der Waals surface area contributed by atoms with E-state index < -0.39 is 0 Å². The van der Waals surface area contributed by atoms with Gasteiger partial charge in [0.1, 0.15) is 23.7 Å². The standard InChI is InChI=1S/C14H21NO3/c1-3-7-17-14-12(15)9-13(14)18-11-6-4-5-10(8-11)16-2/h4-6,8,12-14H,3,7,9,15H2,1-2H3. The number of nitrogens with two attached hydrogens (primary N) is 1. The van der Waals surface area contributed by atoms with Crippen molar-refractivity contribution in [2.24, 2.45) is 5.73 Å². The van der Waals surface area contributed by atoms with Crippen LogP contribution in [0.1, 0.15) is 19.8 Å². The van der Waals surface area contributed by atoms with E-state index in [2.05, 4.69) is 6.92 Å². The van der Waals surface area contributed by atoms with Crippen LogP contribution in [0.4, 0.5) is 0 Å². The molecular weight excluding hydrogens is 230 g/mol. The average molecular weight is 251 g/mol. The maximum absolute atomic E-state index is 5.93. The molecule has 1 aromatic carbocycles. The lowest BCUT2D eigenvalue weighted by atomic mass is 9.86. The molecule has 1 aromatic rings. The minimum Gasteiger partial charge on any atom is -0.497 e. The SMILES string of the molecule is CCCOC1C(N)CC1Oc1cccc(OC)c1. The molecule has 1 aliphatic rings. The van der Waals surface area contributed by atoms with Gasteiger partial charge in [-0.15, -0.1) is 0 Å². The Hall–Kier alpha value is -1.26. The number of hydrogen-bond donors (Lipinski definition) is 1. The molecule has 4 nitrogen and oxygen atoms in total. The molecule has 1 aliphatic carbocycles. The molecule has 0 radical (unpaired) electrons. The van der Waals surface area contributed by atoms with Gasteiger partial charge in [-0.2, -0.15) is 0 Å². The van der Waals surface area contributed by atoms with Crippen molar-refractivity contribution in [2.45, 2.75) is 38.0 Å². The third-order valence-electron chi connectivity index (χ3n) is 3.14. The van der Waals surface area contributed by atoms with Crippen LogP contribution in [0, 0.1) is 0 Å². The van der Waals surface area contributed by atoms with Crippen LogP contribution in [0.25, 0.3) is 0 Å². The Kier molecular flexibility index (Phi) is 4.44. The van der Waals surface area contributed by atoms with Crippen LogP contribution in [-0.4, -0.2) is 32.0 Å². The molecular formula is C14H21NO3. The van der Waals surface area contributed by atoms with E-state index >= 15 is 0 Å². The topological polar surface area (TPSA) is 53.7 Å². The van der Waals surface area contributed by atoms with E-state index in [1.54, 1.807) is 7.11 Å². The minimum absolute atomic E-state index is 0.0103. The van der Waals surface area contributed by atoms with Crippen LogP contribution in [0.5, 0.6) is 11.5 Å². The van der Waals surface area contributed by atoms with Gasteiger partial charge < -0.3 is 19.9 Å². The summed E-state index contributed by atoms with van der Waals surface area (Å²) in [6, 6.07) is 7.69. The summed E-state index contributed by atoms with van der Waals surface area (Å²) in [7, 11) is 1.64. The second kappa shape index (κ2) is 6.07. The van der Waals surface area contributed by atoms with Crippen LogP contribution >= 0.6 is 0 Å².